The lowest BCUT2D eigenvalue weighted by molar-refractivity contribution is 0.132. The highest BCUT2D eigenvalue weighted by Crippen LogP contribution is 2.23. The van der Waals surface area contributed by atoms with Gasteiger partial charge in [0.2, 0.25) is 0 Å². The van der Waals surface area contributed by atoms with Gasteiger partial charge in [0.1, 0.15) is 6.61 Å². The maximum atomic E-state index is 13.5. The van der Waals surface area contributed by atoms with Gasteiger partial charge in [0.05, 0.1) is 11.6 Å². The molecule has 0 aliphatic rings. The van der Waals surface area contributed by atoms with E-state index in [-0.39, 0.29) is 10.8 Å². The van der Waals surface area contributed by atoms with Crippen molar-refractivity contribution in [3.63, 3.8) is 0 Å². The van der Waals surface area contributed by atoms with Crippen molar-refractivity contribution in [1.82, 2.24) is 5.32 Å². The standard InChI is InChI=1S/C14H21ClFNO2/c1-2-3-9-18-10-7-17-8-11-19-13-6-4-5-12(15)14(13)16/h4-6,17H,2-3,7-11H2,1H3. The molecular weight excluding hydrogens is 269 g/mol. The molecule has 19 heavy (non-hydrogen) atoms. The van der Waals surface area contributed by atoms with Crippen LogP contribution < -0.4 is 10.1 Å². The van der Waals surface area contributed by atoms with E-state index in [1.54, 1.807) is 12.1 Å². The monoisotopic (exact) mass is 289 g/mol. The molecule has 0 heterocycles. The third kappa shape index (κ3) is 6.76. The van der Waals surface area contributed by atoms with Gasteiger partial charge in [0.25, 0.3) is 0 Å². The molecule has 0 aromatic heterocycles. The van der Waals surface area contributed by atoms with Gasteiger partial charge in [-0.2, -0.15) is 0 Å². The van der Waals surface area contributed by atoms with E-state index in [1.807, 2.05) is 0 Å². The average Bonchev–Trinajstić information content (AvgIpc) is 2.41. The lowest BCUT2D eigenvalue weighted by Gasteiger charge is -2.09. The first-order valence-corrected chi connectivity index (χ1v) is 6.98. The molecule has 0 unspecified atom stereocenters. The van der Waals surface area contributed by atoms with Crippen LogP contribution in [0.2, 0.25) is 5.02 Å². The second-order valence-electron chi connectivity index (χ2n) is 4.12. The molecule has 0 atom stereocenters. The van der Waals surface area contributed by atoms with Crippen LogP contribution in [-0.2, 0) is 4.74 Å². The normalized spacial score (nSPS) is 10.7. The van der Waals surface area contributed by atoms with E-state index in [1.165, 1.54) is 6.07 Å². The van der Waals surface area contributed by atoms with E-state index in [0.29, 0.717) is 19.8 Å². The smallest absolute Gasteiger partial charge is 0.183 e. The molecule has 0 amide bonds. The molecule has 0 saturated heterocycles. The minimum Gasteiger partial charge on any atom is -0.489 e. The Labute approximate surface area is 119 Å². The van der Waals surface area contributed by atoms with Crippen LogP contribution >= 0.6 is 11.6 Å². The molecule has 0 aliphatic heterocycles. The summed E-state index contributed by atoms with van der Waals surface area (Å²) in [6, 6.07) is 4.72. The molecule has 0 spiro atoms. The van der Waals surface area contributed by atoms with Crippen LogP contribution in [0.1, 0.15) is 19.8 Å². The average molecular weight is 290 g/mol. The van der Waals surface area contributed by atoms with E-state index in [9.17, 15) is 4.39 Å². The van der Waals surface area contributed by atoms with E-state index < -0.39 is 5.82 Å². The maximum absolute atomic E-state index is 13.5. The molecular formula is C14H21ClFNO2. The van der Waals surface area contributed by atoms with Gasteiger partial charge >= 0.3 is 0 Å². The summed E-state index contributed by atoms with van der Waals surface area (Å²) in [7, 11) is 0. The lowest BCUT2D eigenvalue weighted by atomic mass is 10.3. The SMILES string of the molecule is CCCCOCCNCCOc1cccc(Cl)c1F. The highest BCUT2D eigenvalue weighted by molar-refractivity contribution is 6.30. The van der Waals surface area contributed by atoms with Crippen LogP contribution in [0.3, 0.4) is 0 Å². The van der Waals surface area contributed by atoms with Crippen molar-refractivity contribution in [2.75, 3.05) is 32.9 Å². The largest absolute Gasteiger partial charge is 0.489 e. The summed E-state index contributed by atoms with van der Waals surface area (Å²) in [6.07, 6.45) is 2.24. The number of nitrogens with one attached hydrogen (secondary N) is 1. The fourth-order valence-electron chi connectivity index (χ4n) is 1.45. The maximum Gasteiger partial charge on any atom is 0.183 e. The minimum atomic E-state index is -0.507. The predicted molar refractivity (Wildman–Crippen MR) is 75.5 cm³/mol. The molecule has 3 nitrogen and oxygen atoms in total. The van der Waals surface area contributed by atoms with Gasteiger partial charge < -0.3 is 14.8 Å². The predicted octanol–water partition coefficient (Wildman–Crippen LogP) is 3.26. The van der Waals surface area contributed by atoms with Gasteiger partial charge in [0, 0.05) is 19.7 Å². The van der Waals surface area contributed by atoms with Crippen molar-refractivity contribution in [2.24, 2.45) is 0 Å². The first-order chi connectivity index (χ1) is 9.25. The van der Waals surface area contributed by atoms with Crippen molar-refractivity contribution >= 4 is 11.6 Å². The molecule has 0 bridgehead atoms. The quantitative estimate of drug-likeness (QED) is 0.671. The van der Waals surface area contributed by atoms with Gasteiger partial charge in [-0.25, -0.2) is 4.39 Å². The lowest BCUT2D eigenvalue weighted by Crippen LogP contribution is -2.25. The summed E-state index contributed by atoms with van der Waals surface area (Å²) in [4.78, 5) is 0. The molecule has 0 saturated carbocycles. The first-order valence-electron chi connectivity index (χ1n) is 6.61. The Morgan fingerprint density at radius 1 is 1.21 bits per heavy atom. The number of rotatable bonds is 10. The molecule has 108 valence electrons. The van der Waals surface area contributed by atoms with E-state index in [2.05, 4.69) is 12.2 Å². The van der Waals surface area contributed by atoms with Crippen LogP contribution in [0.25, 0.3) is 0 Å². The first kappa shape index (κ1) is 16.2. The molecule has 5 heteroatoms. The Hall–Kier alpha value is -0.840. The zero-order valence-electron chi connectivity index (χ0n) is 11.3. The fourth-order valence-corrected chi connectivity index (χ4v) is 1.61. The Bertz CT molecular complexity index is 363. The third-order valence-electron chi connectivity index (χ3n) is 2.52. The van der Waals surface area contributed by atoms with Crippen LogP contribution in [0.5, 0.6) is 5.75 Å². The highest BCUT2D eigenvalue weighted by Gasteiger charge is 2.06. The van der Waals surface area contributed by atoms with Crippen LogP contribution in [0.4, 0.5) is 4.39 Å². The molecule has 0 radical (unpaired) electrons. The van der Waals surface area contributed by atoms with Crippen molar-refractivity contribution < 1.29 is 13.9 Å². The van der Waals surface area contributed by atoms with Crippen molar-refractivity contribution in [3.8, 4) is 5.75 Å². The van der Waals surface area contributed by atoms with Crippen LogP contribution in [0.15, 0.2) is 18.2 Å². The topological polar surface area (TPSA) is 30.5 Å². The third-order valence-corrected chi connectivity index (χ3v) is 2.81. The zero-order valence-corrected chi connectivity index (χ0v) is 12.0. The van der Waals surface area contributed by atoms with Crippen molar-refractivity contribution in [1.29, 1.82) is 0 Å². The summed E-state index contributed by atoms with van der Waals surface area (Å²) in [5.74, 6) is -0.319. The van der Waals surface area contributed by atoms with Gasteiger partial charge in [0.15, 0.2) is 11.6 Å². The summed E-state index contributed by atoms with van der Waals surface area (Å²) in [5, 5.41) is 3.24. The zero-order chi connectivity index (χ0) is 13.9. The molecule has 1 aromatic rings. The molecule has 1 rings (SSSR count). The molecule has 0 fully saturated rings. The highest BCUT2D eigenvalue weighted by atomic mass is 35.5. The summed E-state index contributed by atoms with van der Waals surface area (Å²) < 4.78 is 24.1. The Morgan fingerprint density at radius 3 is 2.79 bits per heavy atom. The summed E-state index contributed by atoms with van der Waals surface area (Å²) >= 11 is 5.65. The number of benzene rings is 1. The Kier molecular flexibility index (Phi) is 8.54. The van der Waals surface area contributed by atoms with Gasteiger partial charge in [-0.05, 0) is 18.6 Å². The molecule has 1 aromatic carbocycles. The summed E-state index contributed by atoms with van der Waals surface area (Å²) in [5.41, 5.74) is 0. The second-order valence-corrected chi connectivity index (χ2v) is 4.52. The summed E-state index contributed by atoms with van der Waals surface area (Å²) in [6.45, 7) is 5.43. The van der Waals surface area contributed by atoms with Crippen LogP contribution in [-0.4, -0.2) is 32.9 Å². The number of hydrogen-bond acceptors (Lipinski definition) is 3. The number of unbranched alkanes of at least 4 members (excludes halogenated alkanes) is 1. The Balaban J connectivity index is 2.03. The van der Waals surface area contributed by atoms with E-state index in [0.717, 1.165) is 26.0 Å². The second kappa shape index (κ2) is 10.0. The van der Waals surface area contributed by atoms with Gasteiger partial charge in [-0.3, -0.25) is 0 Å². The van der Waals surface area contributed by atoms with Crippen molar-refractivity contribution in [3.05, 3.63) is 29.0 Å². The number of ether oxygens (including phenoxy) is 2. The van der Waals surface area contributed by atoms with Crippen LogP contribution in [0, 0.1) is 5.82 Å². The molecule has 1 N–H and O–H groups in total. The van der Waals surface area contributed by atoms with Gasteiger partial charge in [-0.15, -0.1) is 0 Å². The van der Waals surface area contributed by atoms with Gasteiger partial charge in [-0.1, -0.05) is 31.0 Å². The Morgan fingerprint density at radius 2 is 2.00 bits per heavy atom. The van der Waals surface area contributed by atoms with E-state index >= 15 is 0 Å². The fraction of sp³-hybridized carbons (Fsp3) is 0.571. The van der Waals surface area contributed by atoms with Crippen molar-refractivity contribution in [2.45, 2.75) is 19.8 Å². The number of hydrogen-bond donors (Lipinski definition) is 1. The number of halogens is 2. The van der Waals surface area contributed by atoms with E-state index in [4.69, 9.17) is 21.1 Å². The minimum absolute atomic E-state index is 0.0785. The molecule has 0 aliphatic carbocycles.